The lowest BCUT2D eigenvalue weighted by Gasteiger charge is -2.16. The van der Waals surface area contributed by atoms with Crippen LogP contribution in [-0.4, -0.2) is 52.8 Å². The first-order chi connectivity index (χ1) is 17.6. The molecule has 3 aromatic carbocycles. The summed E-state index contributed by atoms with van der Waals surface area (Å²) in [6.45, 7) is 0. The summed E-state index contributed by atoms with van der Waals surface area (Å²) in [6.07, 6.45) is 0. The summed E-state index contributed by atoms with van der Waals surface area (Å²) in [5, 5.41) is 48.9. The maximum atomic E-state index is 13.4. The van der Waals surface area contributed by atoms with E-state index in [9.17, 15) is 35.1 Å². The van der Waals surface area contributed by atoms with Gasteiger partial charge in [0.05, 0.1) is 26.9 Å². The Morgan fingerprint density at radius 1 is 0.757 bits per heavy atom. The smallest absolute Gasteiger partial charge is 0.344 e. The van der Waals surface area contributed by atoms with E-state index in [1.807, 2.05) is 0 Å². The van der Waals surface area contributed by atoms with Crippen LogP contribution < -0.4 is 24.4 Å². The van der Waals surface area contributed by atoms with Crippen LogP contribution in [0.15, 0.2) is 45.6 Å². The molecule has 192 valence electrons. The summed E-state index contributed by atoms with van der Waals surface area (Å²) in [5.74, 6) is -5.17. The molecule has 0 radical (unpaired) electrons. The number of hydrogen-bond acceptors (Lipinski definition) is 12. The maximum absolute atomic E-state index is 13.4. The van der Waals surface area contributed by atoms with Crippen LogP contribution in [0.5, 0.6) is 51.7 Å². The van der Waals surface area contributed by atoms with Gasteiger partial charge >= 0.3 is 5.97 Å². The highest BCUT2D eigenvalue weighted by atomic mass is 16.5. The molecule has 0 spiro atoms. The van der Waals surface area contributed by atoms with E-state index in [1.54, 1.807) is 0 Å². The first kappa shape index (κ1) is 24.9. The molecule has 0 aliphatic rings. The first-order valence-electron chi connectivity index (χ1n) is 10.4. The number of carbonyl (C=O) groups excluding carboxylic acids is 1. The van der Waals surface area contributed by atoms with Gasteiger partial charge in [-0.1, -0.05) is 0 Å². The molecule has 0 unspecified atom stereocenters. The number of aromatic hydroxyl groups is 5. The molecule has 5 N–H and O–H groups in total. The number of hydrogen-bond donors (Lipinski definition) is 5. The quantitative estimate of drug-likeness (QED) is 0.188. The molecule has 0 amide bonds. The number of phenols is 5. The summed E-state index contributed by atoms with van der Waals surface area (Å²) in [4.78, 5) is 26.3. The van der Waals surface area contributed by atoms with Crippen molar-refractivity contribution in [3.05, 3.63) is 52.2 Å². The van der Waals surface area contributed by atoms with Gasteiger partial charge in [0.15, 0.2) is 34.5 Å². The highest BCUT2D eigenvalue weighted by Gasteiger charge is 2.26. The summed E-state index contributed by atoms with van der Waals surface area (Å²) in [5.41, 5.74) is -1.51. The number of esters is 1. The van der Waals surface area contributed by atoms with Gasteiger partial charge < -0.3 is 48.9 Å². The van der Waals surface area contributed by atoms with Crippen LogP contribution in [0.4, 0.5) is 0 Å². The fraction of sp³-hybridized carbons (Fsp3) is 0.120. The zero-order valence-corrected chi connectivity index (χ0v) is 19.6. The Morgan fingerprint density at radius 2 is 1.35 bits per heavy atom. The van der Waals surface area contributed by atoms with Gasteiger partial charge in [-0.15, -0.1) is 0 Å². The van der Waals surface area contributed by atoms with Crippen molar-refractivity contribution in [2.75, 3.05) is 21.3 Å². The van der Waals surface area contributed by atoms with E-state index in [0.717, 1.165) is 24.3 Å². The Bertz CT molecular complexity index is 1550. The van der Waals surface area contributed by atoms with E-state index in [2.05, 4.69) is 0 Å². The second-order valence-electron chi connectivity index (χ2n) is 7.59. The van der Waals surface area contributed by atoms with Gasteiger partial charge in [-0.3, -0.25) is 4.79 Å². The minimum absolute atomic E-state index is 0.121. The van der Waals surface area contributed by atoms with Crippen LogP contribution in [0.3, 0.4) is 0 Å². The summed E-state index contributed by atoms with van der Waals surface area (Å²) in [6, 6.07) is 6.43. The second-order valence-corrected chi connectivity index (χ2v) is 7.59. The zero-order chi connectivity index (χ0) is 27.0. The minimum Gasteiger partial charge on any atom is -0.508 e. The molecule has 0 saturated carbocycles. The second kappa shape index (κ2) is 9.41. The van der Waals surface area contributed by atoms with E-state index in [0.29, 0.717) is 0 Å². The molecule has 0 fully saturated rings. The van der Waals surface area contributed by atoms with Crippen molar-refractivity contribution in [1.29, 1.82) is 0 Å². The molecular formula is C25H20O12. The van der Waals surface area contributed by atoms with E-state index >= 15 is 0 Å². The summed E-state index contributed by atoms with van der Waals surface area (Å²) < 4.78 is 27.1. The Hall–Kier alpha value is -5.26. The fourth-order valence-corrected chi connectivity index (χ4v) is 3.64. The van der Waals surface area contributed by atoms with Gasteiger partial charge in [0, 0.05) is 17.7 Å². The highest BCUT2D eigenvalue weighted by molar-refractivity contribution is 5.95. The highest BCUT2D eigenvalue weighted by Crippen LogP contribution is 2.44. The molecule has 1 heterocycles. The molecule has 0 aliphatic carbocycles. The molecule has 1 aromatic heterocycles. The monoisotopic (exact) mass is 512 g/mol. The zero-order valence-electron chi connectivity index (χ0n) is 19.6. The van der Waals surface area contributed by atoms with Gasteiger partial charge in [0.1, 0.15) is 22.5 Å². The minimum atomic E-state index is -1.22. The number of carbonyl (C=O) groups is 1. The third kappa shape index (κ3) is 4.31. The van der Waals surface area contributed by atoms with Gasteiger partial charge in [-0.05, 0) is 24.3 Å². The maximum Gasteiger partial charge on any atom is 0.344 e. The Morgan fingerprint density at radius 3 is 1.89 bits per heavy atom. The summed E-state index contributed by atoms with van der Waals surface area (Å²) in [7, 11) is 4.11. The number of fused-ring (bicyclic) bond motifs is 1. The fourth-order valence-electron chi connectivity index (χ4n) is 3.64. The van der Waals surface area contributed by atoms with E-state index < -0.39 is 56.8 Å². The van der Waals surface area contributed by atoms with Gasteiger partial charge in [-0.2, -0.15) is 0 Å². The number of rotatable bonds is 6. The third-order valence-electron chi connectivity index (χ3n) is 5.34. The molecule has 37 heavy (non-hydrogen) atoms. The Balaban J connectivity index is 2.00. The average molecular weight is 512 g/mol. The summed E-state index contributed by atoms with van der Waals surface area (Å²) >= 11 is 0. The van der Waals surface area contributed by atoms with E-state index in [1.165, 1.54) is 33.5 Å². The number of phenolic OH excluding ortho intramolecular Hbond substituents is 5. The first-order valence-corrected chi connectivity index (χ1v) is 10.4. The Labute approximate surface area is 207 Å². The topological polar surface area (TPSA) is 185 Å². The predicted molar refractivity (Wildman–Crippen MR) is 127 cm³/mol. The lowest BCUT2D eigenvalue weighted by atomic mass is 10.1. The van der Waals surface area contributed by atoms with Crippen LogP contribution in [-0.2, 0) is 0 Å². The standard InChI is InChI=1S/C25H20O12/c1-33-17-6-10(7-18(34-2)23(17)35-3)22-24(21(31)19-13(27)8-12(26)9-16(19)36-22)37-25(32)11-4-14(28)20(30)15(29)5-11/h4-9,26-30H,1-3H3. The lowest BCUT2D eigenvalue weighted by molar-refractivity contribution is 0.0730. The SMILES string of the molecule is COc1cc(-c2oc3cc(O)cc(O)c3c(=O)c2OC(=O)c2cc(O)c(O)c(O)c2)cc(OC)c1OC. The molecular weight excluding hydrogens is 492 g/mol. The van der Waals surface area contributed by atoms with Gasteiger partial charge in [-0.25, -0.2) is 4.79 Å². The molecule has 12 heteroatoms. The lowest BCUT2D eigenvalue weighted by Crippen LogP contribution is -2.16. The average Bonchev–Trinajstić information content (AvgIpc) is 2.86. The number of ether oxygens (including phenoxy) is 4. The van der Waals surface area contributed by atoms with E-state index in [4.69, 9.17) is 23.4 Å². The molecule has 12 nitrogen and oxygen atoms in total. The molecule has 0 saturated heterocycles. The van der Waals surface area contributed by atoms with Gasteiger partial charge in [0.2, 0.25) is 16.9 Å². The molecule has 4 rings (SSSR count). The van der Waals surface area contributed by atoms with Crippen molar-refractivity contribution in [2.45, 2.75) is 0 Å². The number of methoxy groups -OCH3 is 3. The van der Waals surface area contributed by atoms with Crippen molar-refractivity contribution < 1.29 is 53.7 Å². The van der Waals surface area contributed by atoms with Crippen molar-refractivity contribution in [2.24, 2.45) is 0 Å². The van der Waals surface area contributed by atoms with Crippen LogP contribution in [0.1, 0.15) is 10.4 Å². The van der Waals surface area contributed by atoms with Crippen LogP contribution in [0.2, 0.25) is 0 Å². The third-order valence-corrected chi connectivity index (χ3v) is 5.34. The van der Waals surface area contributed by atoms with Crippen LogP contribution >= 0.6 is 0 Å². The Kier molecular flexibility index (Phi) is 6.32. The predicted octanol–water partition coefficient (Wildman–Crippen LogP) is 3.23. The molecule has 0 atom stereocenters. The van der Waals surface area contributed by atoms with E-state index in [-0.39, 0.29) is 34.2 Å². The van der Waals surface area contributed by atoms with Crippen molar-refractivity contribution in [3.63, 3.8) is 0 Å². The van der Waals surface area contributed by atoms with Crippen LogP contribution in [0.25, 0.3) is 22.3 Å². The van der Waals surface area contributed by atoms with Crippen molar-refractivity contribution in [3.8, 4) is 63.1 Å². The van der Waals surface area contributed by atoms with Crippen LogP contribution in [0, 0.1) is 0 Å². The molecule has 4 aromatic rings. The molecule has 0 bridgehead atoms. The normalized spacial score (nSPS) is 10.8. The largest absolute Gasteiger partial charge is 0.508 e. The van der Waals surface area contributed by atoms with Crippen molar-refractivity contribution in [1.82, 2.24) is 0 Å². The van der Waals surface area contributed by atoms with Gasteiger partial charge in [0.25, 0.3) is 0 Å². The molecule has 0 aliphatic heterocycles. The number of benzene rings is 3. The van der Waals surface area contributed by atoms with Crippen molar-refractivity contribution >= 4 is 16.9 Å².